The molecule has 1 aromatic rings. The summed E-state index contributed by atoms with van der Waals surface area (Å²) in [5.41, 5.74) is 2.01. The van der Waals surface area contributed by atoms with Crippen LogP contribution in [0.1, 0.15) is 51.1 Å². The predicted octanol–water partition coefficient (Wildman–Crippen LogP) is 2.14. The Morgan fingerprint density at radius 2 is 1.89 bits per heavy atom. The first-order valence-electron chi connectivity index (χ1n) is 9.30. The van der Waals surface area contributed by atoms with Gasteiger partial charge < -0.3 is 15.2 Å². The van der Waals surface area contributed by atoms with E-state index in [9.17, 15) is 8.42 Å². The second kappa shape index (κ2) is 13.3. The third-order valence-corrected chi connectivity index (χ3v) is 5.42. The standard InChI is InChI=1S/C17H33N5O3S.HI/c1-6-15-14(16(7-2)25-21-15)13-20-17(18-8-3)19-11-10-12-22(9-4)26(5,23)24;/h6-13H2,1-5H3,(H2,18,19,20);1H. The maximum absolute atomic E-state index is 11.6. The minimum atomic E-state index is -3.14. The molecule has 158 valence electrons. The van der Waals surface area contributed by atoms with Crippen LogP contribution in [0.5, 0.6) is 0 Å². The molecule has 10 heteroatoms. The molecule has 1 heterocycles. The van der Waals surface area contributed by atoms with E-state index in [1.165, 1.54) is 10.6 Å². The van der Waals surface area contributed by atoms with Gasteiger partial charge in [-0.1, -0.05) is 25.9 Å². The Morgan fingerprint density at radius 3 is 2.41 bits per heavy atom. The second-order valence-electron chi connectivity index (χ2n) is 5.97. The van der Waals surface area contributed by atoms with Crippen molar-refractivity contribution in [1.82, 2.24) is 20.1 Å². The first-order chi connectivity index (χ1) is 12.4. The Labute approximate surface area is 180 Å². The van der Waals surface area contributed by atoms with Gasteiger partial charge in [-0.2, -0.15) is 0 Å². The van der Waals surface area contributed by atoms with Gasteiger partial charge in [0.15, 0.2) is 5.96 Å². The van der Waals surface area contributed by atoms with Crippen molar-refractivity contribution in [2.24, 2.45) is 4.99 Å². The molecule has 0 fully saturated rings. The molecule has 0 amide bonds. The Morgan fingerprint density at radius 1 is 1.19 bits per heavy atom. The molecule has 0 saturated carbocycles. The van der Waals surface area contributed by atoms with Crippen molar-refractivity contribution < 1.29 is 12.9 Å². The van der Waals surface area contributed by atoms with E-state index >= 15 is 0 Å². The zero-order valence-corrected chi connectivity index (χ0v) is 20.2. The fourth-order valence-electron chi connectivity index (χ4n) is 2.64. The molecule has 1 rings (SSSR count). The molecule has 8 nitrogen and oxygen atoms in total. The van der Waals surface area contributed by atoms with E-state index < -0.39 is 10.0 Å². The molecular formula is C17H34IN5O3S. The molecule has 0 radical (unpaired) electrons. The lowest BCUT2D eigenvalue weighted by Gasteiger charge is -2.18. The molecule has 0 aliphatic carbocycles. The van der Waals surface area contributed by atoms with Crippen molar-refractivity contribution in [1.29, 1.82) is 0 Å². The maximum atomic E-state index is 11.6. The summed E-state index contributed by atoms with van der Waals surface area (Å²) < 4.78 is 30.0. The Bertz CT molecular complexity index is 655. The SMILES string of the molecule is CCNC(=NCc1c(CC)noc1CC)NCCCN(CC)S(C)(=O)=O.I. The van der Waals surface area contributed by atoms with Gasteiger partial charge in [-0.3, -0.25) is 0 Å². The Kier molecular flexibility index (Phi) is 12.9. The zero-order chi connectivity index (χ0) is 19.6. The number of hydrogen-bond donors (Lipinski definition) is 2. The number of halogens is 1. The van der Waals surface area contributed by atoms with E-state index in [0.717, 1.165) is 36.4 Å². The summed E-state index contributed by atoms with van der Waals surface area (Å²) in [7, 11) is -3.14. The van der Waals surface area contributed by atoms with Crippen LogP contribution >= 0.6 is 24.0 Å². The number of sulfonamides is 1. The first kappa shape index (κ1) is 26.1. The van der Waals surface area contributed by atoms with Crippen molar-refractivity contribution in [3.05, 3.63) is 17.0 Å². The lowest BCUT2D eigenvalue weighted by molar-refractivity contribution is 0.380. The smallest absolute Gasteiger partial charge is 0.211 e. The van der Waals surface area contributed by atoms with E-state index in [-0.39, 0.29) is 24.0 Å². The highest BCUT2D eigenvalue weighted by Gasteiger charge is 2.14. The highest BCUT2D eigenvalue weighted by atomic mass is 127. The molecule has 0 aliphatic heterocycles. The van der Waals surface area contributed by atoms with Crippen molar-refractivity contribution in [2.45, 2.75) is 53.5 Å². The van der Waals surface area contributed by atoms with Crippen LogP contribution in [0.4, 0.5) is 0 Å². The molecule has 0 spiro atoms. The number of hydrogen-bond acceptors (Lipinski definition) is 5. The monoisotopic (exact) mass is 515 g/mol. The minimum absolute atomic E-state index is 0. The maximum Gasteiger partial charge on any atom is 0.211 e. The van der Waals surface area contributed by atoms with Crippen LogP contribution in [0.2, 0.25) is 0 Å². The molecule has 1 aromatic heterocycles. The number of nitrogens with zero attached hydrogens (tertiary/aromatic N) is 3. The highest BCUT2D eigenvalue weighted by Crippen LogP contribution is 2.16. The highest BCUT2D eigenvalue weighted by molar-refractivity contribution is 14.0. The number of aliphatic imine (C=N–C) groups is 1. The lowest BCUT2D eigenvalue weighted by atomic mass is 10.1. The average Bonchev–Trinajstić information content (AvgIpc) is 3.00. The Hall–Kier alpha value is -0.880. The lowest BCUT2D eigenvalue weighted by Crippen LogP contribution is -2.39. The third kappa shape index (κ3) is 8.77. The summed E-state index contributed by atoms with van der Waals surface area (Å²) in [5.74, 6) is 1.59. The van der Waals surface area contributed by atoms with Gasteiger partial charge in [-0.15, -0.1) is 24.0 Å². The van der Waals surface area contributed by atoms with Gasteiger partial charge in [-0.05, 0) is 19.8 Å². The van der Waals surface area contributed by atoms with E-state index in [2.05, 4.69) is 27.7 Å². The quantitative estimate of drug-likeness (QED) is 0.203. The summed E-state index contributed by atoms with van der Waals surface area (Å²) >= 11 is 0. The molecule has 0 aromatic carbocycles. The van der Waals surface area contributed by atoms with Crippen LogP contribution in [0.15, 0.2) is 9.52 Å². The van der Waals surface area contributed by atoms with Crippen LogP contribution in [0, 0.1) is 0 Å². The number of rotatable bonds is 11. The second-order valence-corrected chi connectivity index (χ2v) is 7.95. The first-order valence-corrected chi connectivity index (χ1v) is 11.2. The van der Waals surface area contributed by atoms with Gasteiger partial charge in [0, 0.05) is 38.2 Å². The van der Waals surface area contributed by atoms with Gasteiger partial charge in [0.05, 0.1) is 18.5 Å². The van der Waals surface area contributed by atoms with Gasteiger partial charge >= 0.3 is 0 Å². The summed E-state index contributed by atoms with van der Waals surface area (Å²) in [6.07, 6.45) is 3.56. The van der Waals surface area contributed by atoms with Crippen molar-refractivity contribution in [2.75, 3.05) is 32.4 Å². The van der Waals surface area contributed by atoms with Crippen LogP contribution in [-0.2, 0) is 29.4 Å². The van der Waals surface area contributed by atoms with Crippen LogP contribution < -0.4 is 10.6 Å². The molecule has 0 unspecified atom stereocenters. The summed E-state index contributed by atoms with van der Waals surface area (Å²) in [5, 5.41) is 10.6. The molecule has 27 heavy (non-hydrogen) atoms. The van der Waals surface area contributed by atoms with Crippen LogP contribution in [0.3, 0.4) is 0 Å². The fourth-order valence-corrected chi connectivity index (χ4v) is 3.57. The topological polar surface area (TPSA) is 99.8 Å². The van der Waals surface area contributed by atoms with E-state index in [0.29, 0.717) is 38.6 Å². The third-order valence-electron chi connectivity index (χ3n) is 4.04. The largest absolute Gasteiger partial charge is 0.361 e. The van der Waals surface area contributed by atoms with E-state index in [1.54, 1.807) is 0 Å². The molecular weight excluding hydrogens is 481 g/mol. The van der Waals surface area contributed by atoms with Gasteiger partial charge in [0.25, 0.3) is 0 Å². The molecule has 0 saturated heterocycles. The summed E-state index contributed by atoms with van der Waals surface area (Å²) in [4.78, 5) is 4.62. The number of guanidine groups is 1. The molecule has 2 N–H and O–H groups in total. The van der Waals surface area contributed by atoms with Gasteiger partial charge in [0.1, 0.15) is 5.76 Å². The van der Waals surface area contributed by atoms with Crippen molar-refractivity contribution in [3.8, 4) is 0 Å². The number of aryl methyl sites for hydroxylation is 2. The number of nitrogens with one attached hydrogen (secondary N) is 2. The molecule has 0 aliphatic rings. The molecule has 0 atom stereocenters. The molecule has 0 bridgehead atoms. The fraction of sp³-hybridized carbons (Fsp3) is 0.765. The van der Waals surface area contributed by atoms with E-state index in [1.807, 2.05) is 20.8 Å². The summed E-state index contributed by atoms with van der Waals surface area (Å²) in [6.45, 7) is 10.8. The van der Waals surface area contributed by atoms with E-state index in [4.69, 9.17) is 4.52 Å². The van der Waals surface area contributed by atoms with Gasteiger partial charge in [0.2, 0.25) is 10.0 Å². The zero-order valence-electron chi connectivity index (χ0n) is 17.0. The predicted molar refractivity (Wildman–Crippen MR) is 120 cm³/mol. The normalized spacial score (nSPS) is 12.1. The number of aromatic nitrogens is 1. The average molecular weight is 515 g/mol. The van der Waals surface area contributed by atoms with Crippen LogP contribution in [0.25, 0.3) is 0 Å². The van der Waals surface area contributed by atoms with Gasteiger partial charge in [-0.25, -0.2) is 17.7 Å². The Balaban J connectivity index is 0.00000676. The minimum Gasteiger partial charge on any atom is -0.361 e. The summed E-state index contributed by atoms with van der Waals surface area (Å²) in [6, 6.07) is 0. The van der Waals surface area contributed by atoms with Crippen LogP contribution in [-0.4, -0.2) is 56.3 Å². The van der Waals surface area contributed by atoms with Crippen molar-refractivity contribution in [3.63, 3.8) is 0 Å². The van der Waals surface area contributed by atoms with Crippen molar-refractivity contribution >= 4 is 40.0 Å².